The van der Waals surface area contributed by atoms with Crippen LogP contribution in [0.5, 0.6) is 0 Å². The summed E-state index contributed by atoms with van der Waals surface area (Å²) >= 11 is 0. The Hall–Kier alpha value is -1.68. The minimum absolute atomic E-state index is 0.337. The van der Waals surface area contributed by atoms with Gasteiger partial charge in [-0.05, 0) is 25.5 Å². The van der Waals surface area contributed by atoms with Crippen LogP contribution in [0.3, 0.4) is 0 Å². The fourth-order valence-corrected chi connectivity index (χ4v) is 2.18. The zero-order valence-electron chi connectivity index (χ0n) is 11.3. The van der Waals surface area contributed by atoms with Crippen LogP contribution in [0.1, 0.15) is 36.9 Å². The summed E-state index contributed by atoms with van der Waals surface area (Å²) in [5.41, 5.74) is 2.28. The maximum Gasteiger partial charge on any atom is 0.129 e. The largest absolute Gasteiger partial charge is 0.388 e. The van der Waals surface area contributed by atoms with Gasteiger partial charge in [-0.3, -0.25) is 4.68 Å². The zero-order chi connectivity index (χ0) is 13.8. The molecule has 1 unspecified atom stereocenters. The smallest absolute Gasteiger partial charge is 0.129 e. The highest BCUT2D eigenvalue weighted by molar-refractivity contribution is 5.22. The lowest BCUT2D eigenvalue weighted by atomic mass is 10.0. The SMILES string of the molecule is CCc1cc(CC(O)c2ccccc2F)n(CC)n1. The number of nitrogens with zero attached hydrogens (tertiary/aromatic N) is 2. The van der Waals surface area contributed by atoms with Crippen molar-refractivity contribution in [2.75, 3.05) is 0 Å². The summed E-state index contributed by atoms with van der Waals surface area (Å²) in [6.45, 7) is 4.80. The first-order chi connectivity index (χ1) is 9.15. The van der Waals surface area contributed by atoms with Crippen molar-refractivity contribution in [3.05, 3.63) is 53.1 Å². The summed E-state index contributed by atoms with van der Waals surface area (Å²) < 4.78 is 15.5. The fraction of sp³-hybridized carbons (Fsp3) is 0.400. The minimum atomic E-state index is -0.840. The number of aryl methyl sites for hydroxylation is 2. The average Bonchev–Trinajstić information content (AvgIpc) is 2.81. The second-order valence-electron chi connectivity index (χ2n) is 4.54. The maximum absolute atomic E-state index is 13.6. The van der Waals surface area contributed by atoms with E-state index in [1.54, 1.807) is 18.2 Å². The van der Waals surface area contributed by atoms with Gasteiger partial charge in [-0.2, -0.15) is 5.10 Å². The molecule has 19 heavy (non-hydrogen) atoms. The van der Waals surface area contributed by atoms with E-state index < -0.39 is 6.10 Å². The van der Waals surface area contributed by atoms with E-state index >= 15 is 0 Å². The molecule has 0 saturated carbocycles. The third-order valence-corrected chi connectivity index (χ3v) is 3.24. The van der Waals surface area contributed by atoms with Crippen molar-refractivity contribution in [2.45, 2.75) is 39.3 Å². The molecular weight excluding hydrogens is 243 g/mol. The van der Waals surface area contributed by atoms with Crippen LogP contribution in [0, 0.1) is 5.82 Å². The maximum atomic E-state index is 13.6. The van der Waals surface area contributed by atoms with Crippen molar-refractivity contribution >= 4 is 0 Å². The molecule has 0 saturated heterocycles. The molecule has 1 aromatic carbocycles. The molecule has 0 fully saturated rings. The predicted molar refractivity (Wildman–Crippen MR) is 72.3 cm³/mol. The molecule has 1 atom stereocenters. The number of halogens is 1. The molecule has 3 nitrogen and oxygen atoms in total. The predicted octanol–water partition coefficient (Wildman–Crippen LogP) is 2.88. The zero-order valence-corrected chi connectivity index (χ0v) is 11.3. The Labute approximate surface area is 112 Å². The molecule has 0 radical (unpaired) electrons. The summed E-state index contributed by atoms with van der Waals surface area (Å²) in [5, 5.41) is 14.6. The lowest BCUT2D eigenvalue weighted by Crippen LogP contribution is -2.09. The Kier molecular flexibility index (Phi) is 4.32. The monoisotopic (exact) mass is 262 g/mol. The van der Waals surface area contributed by atoms with Gasteiger partial charge in [0.25, 0.3) is 0 Å². The van der Waals surface area contributed by atoms with E-state index in [0.717, 1.165) is 24.4 Å². The minimum Gasteiger partial charge on any atom is -0.388 e. The van der Waals surface area contributed by atoms with Crippen LogP contribution in [0.15, 0.2) is 30.3 Å². The Morgan fingerprint density at radius 1 is 1.32 bits per heavy atom. The summed E-state index contributed by atoms with van der Waals surface area (Å²) in [6.07, 6.45) is 0.394. The van der Waals surface area contributed by atoms with Gasteiger partial charge in [-0.1, -0.05) is 25.1 Å². The standard InChI is InChI=1S/C15H19FN2O/c1-3-11-9-12(18(4-2)17-11)10-15(19)13-7-5-6-8-14(13)16/h5-9,15,19H,3-4,10H2,1-2H3. The highest BCUT2D eigenvalue weighted by Crippen LogP contribution is 2.21. The van der Waals surface area contributed by atoms with Gasteiger partial charge >= 0.3 is 0 Å². The van der Waals surface area contributed by atoms with Crippen LogP contribution in [0.2, 0.25) is 0 Å². The Bertz CT molecular complexity index is 551. The van der Waals surface area contributed by atoms with Crippen molar-refractivity contribution in [3.8, 4) is 0 Å². The molecule has 2 rings (SSSR count). The van der Waals surface area contributed by atoms with E-state index in [4.69, 9.17) is 0 Å². The number of hydrogen-bond donors (Lipinski definition) is 1. The molecule has 0 spiro atoms. The van der Waals surface area contributed by atoms with Gasteiger partial charge in [0.2, 0.25) is 0 Å². The molecule has 0 amide bonds. The van der Waals surface area contributed by atoms with Gasteiger partial charge in [0.1, 0.15) is 5.82 Å². The summed E-state index contributed by atoms with van der Waals surface area (Å²) in [6, 6.07) is 8.32. The van der Waals surface area contributed by atoms with Crippen molar-refractivity contribution in [2.24, 2.45) is 0 Å². The third-order valence-electron chi connectivity index (χ3n) is 3.24. The molecule has 0 bridgehead atoms. The molecule has 1 N–H and O–H groups in total. The second-order valence-corrected chi connectivity index (χ2v) is 4.54. The van der Waals surface area contributed by atoms with Crippen molar-refractivity contribution in [3.63, 3.8) is 0 Å². The molecule has 102 valence electrons. The normalized spacial score (nSPS) is 12.6. The van der Waals surface area contributed by atoms with Gasteiger partial charge in [-0.25, -0.2) is 4.39 Å². The van der Waals surface area contributed by atoms with Crippen LogP contribution >= 0.6 is 0 Å². The first-order valence-electron chi connectivity index (χ1n) is 6.63. The van der Waals surface area contributed by atoms with E-state index in [1.165, 1.54) is 6.07 Å². The third kappa shape index (κ3) is 3.01. The first kappa shape index (κ1) is 13.7. The fourth-order valence-electron chi connectivity index (χ4n) is 2.18. The van der Waals surface area contributed by atoms with E-state index in [2.05, 4.69) is 5.10 Å². The highest BCUT2D eigenvalue weighted by Gasteiger charge is 2.16. The van der Waals surface area contributed by atoms with Gasteiger partial charge < -0.3 is 5.11 Å². The summed E-state index contributed by atoms with van der Waals surface area (Å²) in [4.78, 5) is 0. The van der Waals surface area contributed by atoms with Crippen LogP contribution in [-0.4, -0.2) is 14.9 Å². The van der Waals surface area contributed by atoms with Gasteiger partial charge in [-0.15, -0.1) is 0 Å². The Morgan fingerprint density at radius 2 is 2.05 bits per heavy atom. The van der Waals surface area contributed by atoms with Crippen LogP contribution in [-0.2, 0) is 19.4 Å². The average molecular weight is 262 g/mol. The summed E-state index contributed by atoms with van der Waals surface area (Å²) in [7, 11) is 0. The number of aromatic nitrogens is 2. The summed E-state index contributed by atoms with van der Waals surface area (Å²) in [5.74, 6) is -0.367. The first-order valence-corrected chi connectivity index (χ1v) is 6.63. The molecule has 2 aromatic rings. The van der Waals surface area contributed by atoms with Crippen molar-refractivity contribution in [1.29, 1.82) is 0 Å². The van der Waals surface area contributed by atoms with E-state index in [1.807, 2.05) is 24.6 Å². The van der Waals surface area contributed by atoms with E-state index in [-0.39, 0.29) is 5.82 Å². The lowest BCUT2D eigenvalue weighted by molar-refractivity contribution is 0.170. The highest BCUT2D eigenvalue weighted by atomic mass is 19.1. The van der Waals surface area contributed by atoms with Crippen LogP contribution in [0.25, 0.3) is 0 Å². The number of rotatable bonds is 5. The van der Waals surface area contributed by atoms with Crippen molar-refractivity contribution < 1.29 is 9.50 Å². The molecule has 4 heteroatoms. The number of benzene rings is 1. The Morgan fingerprint density at radius 3 is 2.68 bits per heavy atom. The Balaban J connectivity index is 2.21. The van der Waals surface area contributed by atoms with E-state index in [0.29, 0.717) is 12.0 Å². The van der Waals surface area contributed by atoms with E-state index in [9.17, 15) is 9.50 Å². The molecule has 1 heterocycles. The van der Waals surface area contributed by atoms with Crippen LogP contribution < -0.4 is 0 Å². The van der Waals surface area contributed by atoms with Gasteiger partial charge in [0.15, 0.2) is 0 Å². The number of hydrogen-bond acceptors (Lipinski definition) is 2. The molecule has 0 aliphatic rings. The quantitative estimate of drug-likeness (QED) is 0.899. The number of aliphatic hydroxyl groups is 1. The second kappa shape index (κ2) is 5.97. The van der Waals surface area contributed by atoms with Crippen LogP contribution in [0.4, 0.5) is 4.39 Å². The number of aliphatic hydroxyl groups excluding tert-OH is 1. The molecule has 1 aromatic heterocycles. The van der Waals surface area contributed by atoms with Gasteiger partial charge in [0, 0.05) is 24.2 Å². The molecule has 0 aliphatic carbocycles. The molecular formula is C15H19FN2O. The van der Waals surface area contributed by atoms with Gasteiger partial charge in [0.05, 0.1) is 11.8 Å². The van der Waals surface area contributed by atoms with Crippen molar-refractivity contribution in [1.82, 2.24) is 9.78 Å². The lowest BCUT2D eigenvalue weighted by Gasteiger charge is -2.12. The topological polar surface area (TPSA) is 38.0 Å². The molecule has 0 aliphatic heterocycles.